The minimum Gasteiger partial charge on any atom is -0.366 e. The third-order valence-electron chi connectivity index (χ3n) is 4.01. The van der Waals surface area contributed by atoms with Crippen LogP contribution in [0.2, 0.25) is 0 Å². The second kappa shape index (κ2) is 6.60. The number of carbonyl (C=O) groups excluding carboxylic acids is 2. The molecule has 1 fully saturated rings. The zero-order chi connectivity index (χ0) is 18.0. The largest absolute Gasteiger partial charge is 0.366 e. The van der Waals surface area contributed by atoms with Crippen molar-refractivity contribution in [3.05, 3.63) is 58.1 Å². The maximum Gasteiger partial charge on any atom is 0.293 e. The number of amides is 2. The molecule has 3 rings (SSSR count). The van der Waals surface area contributed by atoms with Crippen molar-refractivity contribution >= 4 is 34.6 Å². The van der Waals surface area contributed by atoms with E-state index in [1.165, 1.54) is 12.1 Å². The number of benzene rings is 2. The summed E-state index contributed by atoms with van der Waals surface area (Å²) in [6, 6.07) is 11.1. The molecule has 1 aliphatic rings. The number of nitrogens with two attached hydrogens (primary N) is 1. The van der Waals surface area contributed by atoms with Gasteiger partial charge in [-0.1, -0.05) is 0 Å². The smallest absolute Gasteiger partial charge is 0.293 e. The molecule has 128 valence electrons. The third kappa shape index (κ3) is 3.42. The van der Waals surface area contributed by atoms with E-state index in [9.17, 15) is 19.7 Å². The predicted octanol–water partition coefficient (Wildman–Crippen LogP) is 2.56. The number of primary amides is 1. The highest BCUT2D eigenvalue weighted by Crippen LogP contribution is 2.30. The van der Waals surface area contributed by atoms with E-state index in [1.54, 1.807) is 29.2 Å². The van der Waals surface area contributed by atoms with Gasteiger partial charge in [0.1, 0.15) is 5.69 Å². The number of nitro groups is 1. The lowest BCUT2D eigenvalue weighted by Gasteiger charge is -2.16. The Morgan fingerprint density at radius 1 is 1.20 bits per heavy atom. The molecule has 1 aliphatic heterocycles. The van der Waals surface area contributed by atoms with Crippen molar-refractivity contribution in [3.63, 3.8) is 0 Å². The number of anilines is 3. The first-order valence-electron chi connectivity index (χ1n) is 7.71. The fourth-order valence-electron chi connectivity index (χ4n) is 2.74. The highest BCUT2D eigenvalue weighted by atomic mass is 16.6. The highest BCUT2D eigenvalue weighted by Gasteiger charge is 2.21. The summed E-state index contributed by atoms with van der Waals surface area (Å²) in [7, 11) is 0. The maximum absolute atomic E-state index is 11.8. The molecule has 0 spiro atoms. The summed E-state index contributed by atoms with van der Waals surface area (Å²) in [5.41, 5.74) is 6.67. The average molecular weight is 340 g/mol. The molecule has 0 bridgehead atoms. The summed E-state index contributed by atoms with van der Waals surface area (Å²) < 4.78 is 0. The lowest BCUT2D eigenvalue weighted by atomic mass is 10.1. The van der Waals surface area contributed by atoms with Gasteiger partial charge in [0.2, 0.25) is 11.8 Å². The minimum absolute atomic E-state index is 0.0696. The van der Waals surface area contributed by atoms with E-state index in [2.05, 4.69) is 5.32 Å². The highest BCUT2D eigenvalue weighted by molar-refractivity contribution is 5.96. The van der Waals surface area contributed by atoms with E-state index in [4.69, 9.17) is 5.73 Å². The molecule has 25 heavy (non-hydrogen) atoms. The third-order valence-corrected chi connectivity index (χ3v) is 4.01. The number of nitro benzene ring substituents is 1. The number of hydrogen-bond acceptors (Lipinski definition) is 5. The molecule has 2 aromatic rings. The lowest BCUT2D eigenvalue weighted by molar-refractivity contribution is -0.383. The fraction of sp³-hybridized carbons (Fsp3) is 0.176. The molecule has 0 radical (unpaired) electrons. The molecule has 2 amide bonds. The van der Waals surface area contributed by atoms with Crippen molar-refractivity contribution in [1.29, 1.82) is 0 Å². The molecular weight excluding hydrogens is 324 g/mol. The Bertz CT molecular complexity index is 848. The lowest BCUT2D eigenvalue weighted by Crippen LogP contribution is -2.23. The zero-order valence-electron chi connectivity index (χ0n) is 13.3. The molecule has 8 nitrogen and oxygen atoms in total. The van der Waals surface area contributed by atoms with Gasteiger partial charge in [-0.05, 0) is 42.8 Å². The summed E-state index contributed by atoms with van der Waals surface area (Å²) >= 11 is 0. The first-order chi connectivity index (χ1) is 12.0. The van der Waals surface area contributed by atoms with E-state index in [-0.39, 0.29) is 22.8 Å². The molecule has 3 N–H and O–H groups in total. The molecule has 1 saturated heterocycles. The molecule has 0 atom stereocenters. The van der Waals surface area contributed by atoms with Crippen molar-refractivity contribution in [2.75, 3.05) is 16.8 Å². The van der Waals surface area contributed by atoms with Crippen LogP contribution in [0, 0.1) is 10.1 Å². The number of nitrogens with one attached hydrogen (secondary N) is 1. The van der Waals surface area contributed by atoms with Gasteiger partial charge in [-0.25, -0.2) is 0 Å². The van der Waals surface area contributed by atoms with E-state index in [0.29, 0.717) is 18.7 Å². The second-order valence-electron chi connectivity index (χ2n) is 5.67. The first kappa shape index (κ1) is 16.4. The average Bonchev–Trinajstić information content (AvgIpc) is 3.01. The van der Waals surface area contributed by atoms with Gasteiger partial charge in [0, 0.05) is 36.0 Å². The Balaban J connectivity index is 1.83. The van der Waals surface area contributed by atoms with Crippen LogP contribution in [0.3, 0.4) is 0 Å². The van der Waals surface area contributed by atoms with Crippen molar-refractivity contribution in [2.24, 2.45) is 5.73 Å². The van der Waals surface area contributed by atoms with Crippen LogP contribution >= 0.6 is 0 Å². The Morgan fingerprint density at radius 2 is 1.92 bits per heavy atom. The molecule has 0 aromatic heterocycles. The number of nitrogens with zero attached hydrogens (tertiary/aromatic N) is 2. The van der Waals surface area contributed by atoms with Crippen LogP contribution in [0.4, 0.5) is 22.7 Å². The van der Waals surface area contributed by atoms with Crippen LogP contribution in [-0.2, 0) is 4.79 Å². The van der Waals surface area contributed by atoms with E-state index < -0.39 is 10.8 Å². The monoisotopic (exact) mass is 340 g/mol. The van der Waals surface area contributed by atoms with E-state index >= 15 is 0 Å². The standard InChI is InChI=1S/C17H16N4O4/c18-17(23)11-3-8-14(15(10-11)21(24)25)19-12-4-6-13(7-5-12)20-9-1-2-16(20)22/h3-8,10,19H,1-2,9H2,(H2,18,23). The van der Waals surface area contributed by atoms with Gasteiger partial charge >= 0.3 is 0 Å². The first-order valence-corrected chi connectivity index (χ1v) is 7.71. The van der Waals surface area contributed by atoms with Gasteiger partial charge in [-0.15, -0.1) is 0 Å². The maximum atomic E-state index is 11.8. The Morgan fingerprint density at radius 3 is 2.48 bits per heavy atom. The van der Waals surface area contributed by atoms with Gasteiger partial charge in [-0.2, -0.15) is 0 Å². The Kier molecular flexibility index (Phi) is 4.34. The second-order valence-corrected chi connectivity index (χ2v) is 5.67. The van der Waals surface area contributed by atoms with Crippen molar-refractivity contribution in [3.8, 4) is 0 Å². The van der Waals surface area contributed by atoms with Gasteiger partial charge in [0.15, 0.2) is 0 Å². The summed E-state index contributed by atoms with van der Waals surface area (Å²) in [5.74, 6) is -0.632. The molecule has 0 unspecified atom stereocenters. The van der Waals surface area contributed by atoms with Crippen LogP contribution in [-0.4, -0.2) is 23.3 Å². The summed E-state index contributed by atoms with van der Waals surface area (Å²) in [5, 5.41) is 14.2. The molecule has 1 heterocycles. The van der Waals surface area contributed by atoms with Crippen molar-refractivity contribution in [2.45, 2.75) is 12.8 Å². The quantitative estimate of drug-likeness (QED) is 0.640. The van der Waals surface area contributed by atoms with Gasteiger partial charge < -0.3 is 16.0 Å². The normalized spacial score (nSPS) is 13.8. The summed E-state index contributed by atoms with van der Waals surface area (Å²) in [4.78, 5) is 35.3. The predicted molar refractivity (Wildman–Crippen MR) is 92.9 cm³/mol. The minimum atomic E-state index is -0.728. The van der Waals surface area contributed by atoms with Gasteiger partial charge in [0.25, 0.3) is 5.69 Å². The Hall–Kier alpha value is -3.42. The van der Waals surface area contributed by atoms with Crippen LogP contribution in [0.1, 0.15) is 23.2 Å². The number of hydrogen-bond donors (Lipinski definition) is 2. The molecule has 0 saturated carbocycles. The van der Waals surface area contributed by atoms with Crippen LogP contribution in [0.5, 0.6) is 0 Å². The number of carbonyl (C=O) groups is 2. The zero-order valence-corrected chi connectivity index (χ0v) is 13.3. The summed E-state index contributed by atoms with van der Waals surface area (Å²) in [6.45, 7) is 0.700. The van der Waals surface area contributed by atoms with Crippen LogP contribution in [0.25, 0.3) is 0 Å². The van der Waals surface area contributed by atoms with E-state index in [0.717, 1.165) is 18.2 Å². The van der Waals surface area contributed by atoms with Crippen LogP contribution in [0.15, 0.2) is 42.5 Å². The molecule has 0 aliphatic carbocycles. The van der Waals surface area contributed by atoms with Crippen molar-refractivity contribution < 1.29 is 14.5 Å². The molecule has 8 heteroatoms. The van der Waals surface area contributed by atoms with Crippen molar-refractivity contribution in [1.82, 2.24) is 0 Å². The molecule has 2 aromatic carbocycles. The topological polar surface area (TPSA) is 119 Å². The number of rotatable bonds is 5. The SMILES string of the molecule is NC(=O)c1ccc(Nc2ccc(N3CCCC3=O)cc2)c([N+](=O)[O-])c1. The van der Waals surface area contributed by atoms with E-state index in [1.807, 2.05) is 0 Å². The van der Waals surface area contributed by atoms with Crippen LogP contribution < -0.4 is 16.0 Å². The fourth-order valence-corrected chi connectivity index (χ4v) is 2.74. The van der Waals surface area contributed by atoms with Gasteiger partial charge in [-0.3, -0.25) is 19.7 Å². The van der Waals surface area contributed by atoms with Gasteiger partial charge in [0.05, 0.1) is 4.92 Å². The molecular formula is C17H16N4O4. The Labute approximate surface area is 143 Å². The summed E-state index contributed by atoms with van der Waals surface area (Å²) in [6.07, 6.45) is 1.40.